The van der Waals surface area contributed by atoms with E-state index >= 15 is 0 Å². The van der Waals surface area contributed by atoms with Crippen molar-refractivity contribution in [2.75, 3.05) is 6.61 Å². The summed E-state index contributed by atoms with van der Waals surface area (Å²) in [5.74, 6) is 0.0990. The van der Waals surface area contributed by atoms with Crippen molar-refractivity contribution in [1.29, 1.82) is 0 Å². The molecule has 4 aromatic rings. The summed E-state index contributed by atoms with van der Waals surface area (Å²) >= 11 is 0. The van der Waals surface area contributed by atoms with E-state index in [4.69, 9.17) is 4.74 Å². The Kier molecular flexibility index (Phi) is 16.8. The molecule has 0 saturated carbocycles. The molecule has 3 heterocycles. The maximum atomic E-state index is 12.3. The standard InChI is InChI=1S/C24H23N5O4.3C2H6.2CH4/c1-15-11-22(33-21(15)14-30)28-12-17(23(31)25-24(28)32)9-10-18-13-29(27-26-18)20-8-4-6-16-5-2-3-7-19(16)20;3*1-2;;/h2-10,12-13,15,21-22,30H,11,14H2,1H3,(H,25,31,32);3*1-2H3;2*1H4/b10-9+;;;;;/t15-,21-,22-;;;;;/m1...../s1. The Balaban J connectivity index is 0.00000188. The number of hydrogen-bond acceptors (Lipinski definition) is 6. The molecule has 0 radical (unpaired) electrons. The van der Waals surface area contributed by atoms with Gasteiger partial charge in [0, 0.05) is 11.6 Å². The first kappa shape index (κ1) is 37.2. The molecule has 1 fully saturated rings. The summed E-state index contributed by atoms with van der Waals surface area (Å²) in [6, 6.07) is 14.0. The third-order valence-corrected chi connectivity index (χ3v) is 5.98. The third kappa shape index (κ3) is 8.83. The van der Waals surface area contributed by atoms with E-state index in [-0.39, 0.29) is 39.0 Å². The van der Waals surface area contributed by atoms with Crippen LogP contribution in [0.1, 0.15) is 87.2 Å². The Labute approximate surface area is 244 Å². The molecule has 2 aromatic heterocycles. The molecular weight excluding hydrogens is 518 g/mol. The van der Waals surface area contributed by atoms with Gasteiger partial charge in [0.1, 0.15) is 11.9 Å². The van der Waals surface area contributed by atoms with E-state index in [0.717, 1.165) is 16.5 Å². The van der Waals surface area contributed by atoms with Gasteiger partial charge in [0.05, 0.1) is 30.2 Å². The van der Waals surface area contributed by atoms with E-state index in [1.54, 1.807) is 23.0 Å². The van der Waals surface area contributed by atoms with E-state index < -0.39 is 17.5 Å². The first-order chi connectivity index (χ1) is 19.0. The first-order valence-corrected chi connectivity index (χ1v) is 13.7. The minimum atomic E-state index is -0.546. The zero-order valence-corrected chi connectivity index (χ0v) is 24.0. The van der Waals surface area contributed by atoms with E-state index in [2.05, 4.69) is 15.3 Å². The quantitative estimate of drug-likeness (QED) is 0.277. The molecule has 0 bridgehead atoms. The number of rotatable bonds is 5. The van der Waals surface area contributed by atoms with Gasteiger partial charge in [-0.25, -0.2) is 9.48 Å². The average molecular weight is 568 g/mol. The van der Waals surface area contributed by atoms with Crippen LogP contribution in [0.4, 0.5) is 0 Å². The molecule has 5 rings (SSSR count). The van der Waals surface area contributed by atoms with E-state index in [0.29, 0.717) is 12.1 Å². The highest BCUT2D eigenvalue weighted by Gasteiger charge is 2.33. The number of benzene rings is 2. The Hall–Kier alpha value is -3.82. The minimum Gasteiger partial charge on any atom is -0.394 e. The predicted octanol–water partition coefficient (Wildman–Crippen LogP) is 6.71. The predicted molar refractivity (Wildman–Crippen MR) is 171 cm³/mol. The minimum absolute atomic E-state index is 0. The molecule has 3 atom stereocenters. The van der Waals surface area contributed by atoms with Gasteiger partial charge >= 0.3 is 5.69 Å². The van der Waals surface area contributed by atoms with Crippen LogP contribution >= 0.6 is 0 Å². The van der Waals surface area contributed by atoms with Crippen molar-refractivity contribution in [2.24, 2.45) is 5.92 Å². The second kappa shape index (κ2) is 18.5. The van der Waals surface area contributed by atoms with Crippen LogP contribution in [-0.4, -0.2) is 42.4 Å². The number of ether oxygens (including phenoxy) is 1. The summed E-state index contributed by atoms with van der Waals surface area (Å²) in [7, 11) is 0. The smallest absolute Gasteiger partial charge is 0.330 e. The van der Waals surface area contributed by atoms with Crippen LogP contribution in [0.2, 0.25) is 0 Å². The SMILES string of the molecule is C.C.CC.CC.CC.C[C@@H]1C[C@H](n2cc(/C=C/c3cn(-c4cccc5ccccc45)nn3)c(=O)[nH]c2=O)O[C@@H]1CO. The number of nitrogens with zero attached hydrogens (tertiary/aromatic N) is 4. The van der Waals surface area contributed by atoms with Crippen molar-refractivity contribution in [3.63, 3.8) is 0 Å². The second-order valence-electron chi connectivity index (χ2n) is 8.20. The molecule has 1 aliphatic rings. The molecule has 9 heteroatoms. The molecule has 41 heavy (non-hydrogen) atoms. The van der Waals surface area contributed by atoms with Gasteiger partial charge < -0.3 is 9.84 Å². The topological polar surface area (TPSA) is 115 Å². The highest BCUT2D eigenvalue weighted by atomic mass is 16.5. The summed E-state index contributed by atoms with van der Waals surface area (Å²) < 4.78 is 8.83. The molecule has 9 nitrogen and oxygen atoms in total. The molecule has 0 unspecified atom stereocenters. The molecule has 2 aromatic carbocycles. The number of aliphatic hydroxyl groups is 1. The molecule has 1 aliphatic heterocycles. The summed E-state index contributed by atoms with van der Waals surface area (Å²) in [5.41, 5.74) is 0.704. The van der Waals surface area contributed by atoms with E-state index in [1.165, 1.54) is 10.8 Å². The normalized spacial score (nSPS) is 17.1. The van der Waals surface area contributed by atoms with Crippen LogP contribution in [0, 0.1) is 5.92 Å². The lowest BCUT2D eigenvalue weighted by Gasteiger charge is -2.15. The van der Waals surface area contributed by atoms with Crippen molar-refractivity contribution in [1.82, 2.24) is 24.5 Å². The Morgan fingerprint density at radius 3 is 2.29 bits per heavy atom. The van der Waals surface area contributed by atoms with Gasteiger partial charge in [-0.3, -0.25) is 14.3 Å². The fourth-order valence-electron chi connectivity index (χ4n) is 4.15. The average Bonchev–Trinajstić information content (AvgIpc) is 3.61. The van der Waals surface area contributed by atoms with Gasteiger partial charge in [-0.2, -0.15) is 0 Å². The number of fused-ring (bicyclic) bond motifs is 1. The van der Waals surface area contributed by atoms with Crippen LogP contribution in [0.3, 0.4) is 0 Å². The molecule has 226 valence electrons. The van der Waals surface area contributed by atoms with Crippen LogP contribution in [0.25, 0.3) is 28.6 Å². The van der Waals surface area contributed by atoms with Crippen LogP contribution in [0.5, 0.6) is 0 Å². The maximum absolute atomic E-state index is 12.3. The number of hydrogen-bond donors (Lipinski definition) is 2. The summed E-state index contributed by atoms with van der Waals surface area (Å²) in [6.45, 7) is 13.8. The van der Waals surface area contributed by atoms with Crippen LogP contribution in [-0.2, 0) is 4.74 Å². The number of nitrogens with one attached hydrogen (secondary N) is 1. The van der Waals surface area contributed by atoms with Crippen molar-refractivity contribution >= 4 is 22.9 Å². The lowest BCUT2D eigenvalue weighted by Crippen LogP contribution is -2.33. The molecule has 1 saturated heterocycles. The Morgan fingerprint density at radius 1 is 0.976 bits per heavy atom. The molecular formula is C32H49N5O4. The molecule has 0 spiro atoms. The van der Waals surface area contributed by atoms with Gasteiger partial charge in [0.15, 0.2) is 0 Å². The summed E-state index contributed by atoms with van der Waals surface area (Å²) in [5, 5.41) is 20.0. The first-order valence-electron chi connectivity index (χ1n) is 13.7. The number of aromatic nitrogens is 5. The van der Waals surface area contributed by atoms with Gasteiger partial charge in [0.2, 0.25) is 0 Å². The zero-order chi connectivity index (χ0) is 28.9. The maximum Gasteiger partial charge on any atom is 0.330 e. The number of H-pyrrole nitrogens is 1. The summed E-state index contributed by atoms with van der Waals surface area (Å²) in [6.07, 6.45) is 6.20. The Bertz CT molecular complexity index is 1450. The van der Waals surface area contributed by atoms with Crippen LogP contribution in [0.15, 0.2) is 64.4 Å². The zero-order valence-electron chi connectivity index (χ0n) is 24.0. The number of aliphatic hydroxyl groups excluding tert-OH is 1. The molecule has 0 aliphatic carbocycles. The van der Waals surface area contributed by atoms with E-state index in [1.807, 2.05) is 90.9 Å². The fraction of sp³-hybridized carbons (Fsp3) is 0.438. The van der Waals surface area contributed by atoms with Gasteiger partial charge in [-0.05, 0) is 35.9 Å². The van der Waals surface area contributed by atoms with Crippen molar-refractivity contribution in [3.05, 3.63) is 87.0 Å². The largest absolute Gasteiger partial charge is 0.394 e. The van der Waals surface area contributed by atoms with Crippen molar-refractivity contribution < 1.29 is 9.84 Å². The Morgan fingerprint density at radius 2 is 1.63 bits per heavy atom. The lowest BCUT2D eigenvalue weighted by atomic mass is 10.0. The monoisotopic (exact) mass is 567 g/mol. The highest BCUT2D eigenvalue weighted by molar-refractivity contribution is 5.90. The third-order valence-electron chi connectivity index (χ3n) is 5.98. The fourth-order valence-corrected chi connectivity index (χ4v) is 4.15. The van der Waals surface area contributed by atoms with Gasteiger partial charge in [0.25, 0.3) is 5.56 Å². The molecule has 2 N–H and O–H groups in total. The highest BCUT2D eigenvalue weighted by Crippen LogP contribution is 2.32. The number of aromatic amines is 1. The summed E-state index contributed by atoms with van der Waals surface area (Å²) in [4.78, 5) is 27.0. The second-order valence-corrected chi connectivity index (χ2v) is 8.20. The van der Waals surface area contributed by atoms with Crippen LogP contribution < -0.4 is 11.2 Å². The van der Waals surface area contributed by atoms with E-state index in [9.17, 15) is 14.7 Å². The molecule has 0 amide bonds. The van der Waals surface area contributed by atoms with Crippen molar-refractivity contribution in [3.8, 4) is 5.69 Å². The van der Waals surface area contributed by atoms with Gasteiger partial charge in [-0.15, -0.1) is 5.10 Å². The van der Waals surface area contributed by atoms with Crippen molar-refractivity contribution in [2.45, 2.75) is 82.1 Å². The lowest BCUT2D eigenvalue weighted by molar-refractivity contribution is -0.0313. The van der Waals surface area contributed by atoms with Gasteiger partial charge in [-0.1, -0.05) is 105 Å².